The van der Waals surface area contributed by atoms with E-state index in [0.29, 0.717) is 22.7 Å². The molecule has 5 heteroatoms. The Hall–Kier alpha value is -3.16. The molecule has 144 valence electrons. The van der Waals surface area contributed by atoms with Crippen LogP contribution in [0.1, 0.15) is 35.2 Å². The van der Waals surface area contributed by atoms with Crippen LogP contribution in [0.5, 0.6) is 0 Å². The van der Waals surface area contributed by atoms with E-state index in [-0.39, 0.29) is 18.4 Å². The lowest BCUT2D eigenvalue weighted by atomic mass is 9.88. The highest BCUT2D eigenvalue weighted by Gasteiger charge is 2.29. The van der Waals surface area contributed by atoms with Crippen molar-refractivity contribution in [2.75, 3.05) is 6.54 Å². The number of hydrogen-bond acceptors (Lipinski definition) is 3. The lowest BCUT2D eigenvalue weighted by Gasteiger charge is -2.36. The highest BCUT2D eigenvalue weighted by atomic mass is 35.5. The summed E-state index contributed by atoms with van der Waals surface area (Å²) in [6.07, 6.45) is 2.70. The Bertz CT molecular complexity index is 1100. The second-order valence-electron chi connectivity index (χ2n) is 7.16. The van der Waals surface area contributed by atoms with Crippen molar-refractivity contribution in [2.45, 2.75) is 25.8 Å². The van der Waals surface area contributed by atoms with Crippen molar-refractivity contribution in [3.05, 3.63) is 88.1 Å². The topological polar surface area (TPSA) is 57.0 Å². The first kappa shape index (κ1) is 19.2. The molecule has 2 aromatic carbocycles. The zero-order chi connectivity index (χ0) is 20.4. The Morgan fingerprint density at radius 3 is 2.79 bits per heavy atom. The van der Waals surface area contributed by atoms with Gasteiger partial charge in [0, 0.05) is 23.3 Å². The van der Waals surface area contributed by atoms with Crippen LogP contribution >= 0.6 is 11.6 Å². The molecule has 4 nitrogen and oxygen atoms in total. The largest absolute Gasteiger partial charge is 0.335 e. The summed E-state index contributed by atoms with van der Waals surface area (Å²) >= 11 is 6.27. The first-order valence-electron chi connectivity index (χ1n) is 9.60. The van der Waals surface area contributed by atoms with Crippen LogP contribution in [0.25, 0.3) is 11.3 Å². The summed E-state index contributed by atoms with van der Waals surface area (Å²) < 4.78 is 0. The number of aromatic nitrogens is 1. The fraction of sp³-hybridized carbons (Fsp3) is 0.208. The van der Waals surface area contributed by atoms with Crippen LogP contribution in [0, 0.1) is 11.3 Å². The molecule has 1 aliphatic heterocycles. The highest BCUT2D eigenvalue weighted by molar-refractivity contribution is 6.31. The number of benzene rings is 2. The number of rotatable bonds is 3. The molecular formula is C24H20ClN3O. The molecule has 0 saturated carbocycles. The summed E-state index contributed by atoms with van der Waals surface area (Å²) in [5.41, 5.74) is 5.52. The van der Waals surface area contributed by atoms with Crippen molar-refractivity contribution in [3.63, 3.8) is 0 Å². The molecule has 2 heterocycles. The first-order chi connectivity index (χ1) is 14.1. The molecular weight excluding hydrogens is 382 g/mol. The summed E-state index contributed by atoms with van der Waals surface area (Å²) in [6, 6.07) is 19.3. The van der Waals surface area contributed by atoms with Crippen LogP contribution in [-0.4, -0.2) is 22.3 Å². The van der Waals surface area contributed by atoms with E-state index in [1.807, 2.05) is 29.2 Å². The molecule has 0 aliphatic carbocycles. The van der Waals surface area contributed by atoms with E-state index in [0.717, 1.165) is 23.2 Å². The van der Waals surface area contributed by atoms with Gasteiger partial charge in [-0.25, -0.2) is 0 Å². The van der Waals surface area contributed by atoms with Gasteiger partial charge < -0.3 is 4.90 Å². The van der Waals surface area contributed by atoms with Crippen LogP contribution in [0.2, 0.25) is 5.02 Å². The second-order valence-corrected chi connectivity index (χ2v) is 7.56. The first-order valence-corrected chi connectivity index (χ1v) is 9.98. The molecule has 4 rings (SSSR count). The van der Waals surface area contributed by atoms with E-state index in [9.17, 15) is 10.1 Å². The number of nitriles is 1. The molecule has 3 aromatic rings. The minimum absolute atomic E-state index is 0.0176. The van der Waals surface area contributed by atoms with Gasteiger partial charge in [-0.2, -0.15) is 5.26 Å². The number of pyridine rings is 1. The van der Waals surface area contributed by atoms with Gasteiger partial charge in [-0.05, 0) is 54.3 Å². The third-order valence-electron chi connectivity index (χ3n) is 5.56. The molecule has 1 amide bonds. The zero-order valence-corrected chi connectivity index (χ0v) is 16.9. The van der Waals surface area contributed by atoms with Gasteiger partial charge in [0.15, 0.2) is 0 Å². The molecule has 0 bridgehead atoms. The number of hydrogen-bond donors (Lipinski definition) is 0. The van der Waals surface area contributed by atoms with Crippen LogP contribution in [0.4, 0.5) is 0 Å². The third kappa shape index (κ3) is 3.62. The SMILES string of the molecule is CC1c2cccc(-c3ccccn3)c2CCN1C(=O)Cc1c(Cl)cccc1C#N. The fourth-order valence-corrected chi connectivity index (χ4v) is 4.31. The van der Waals surface area contributed by atoms with Gasteiger partial charge in [0.05, 0.1) is 29.8 Å². The Morgan fingerprint density at radius 1 is 1.21 bits per heavy atom. The molecule has 1 unspecified atom stereocenters. The average Bonchev–Trinajstić information content (AvgIpc) is 2.75. The Kier molecular flexibility index (Phi) is 5.33. The number of carbonyl (C=O) groups is 1. The van der Waals surface area contributed by atoms with Crippen LogP contribution in [-0.2, 0) is 17.6 Å². The van der Waals surface area contributed by atoms with E-state index in [1.165, 1.54) is 5.56 Å². The van der Waals surface area contributed by atoms with Gasteiger partial charge in [0.2, 0.25) is 5.91 Å². The predicted molar refractivity (Wildman–Crippen MR) is 113 cm³/mol. The van der Waals surface area contributed by atoms with Crippen LogP contribution < -0.4 is 0 Å². The van der Waals surface area contributed by atoms with Gasteiger partial charge in [0.25, 0.3) is 0 Å². The van der Waals surface area contributed by atoms with E-state index in [2.05, 4.69) is 30.1 Å². The van der Waals surface area contributed by atoms with Crippen molar-refractivity contribution in [1.82, 2.24) is 9.88 Å². The second kappa shape index (κ2) is 8.06. The van der Waals surface area contributed by atoms with Crippen molar-refractivity contribution in [2.24, 2.45) is 0 Å². The molecule has 0 saturated heterocycles. The van der Waals surface area contributed by atoms with Crippen molar-refractivity contribution in [3.8, 4) is 17.3 Å². The van der Waals surface area contributed by atoms with E-state index >= 15 is 0 Å². The predicted octanol–water partition coefficient (Wildman–Crippen LogP) is 4.96. The van der Waals surface area contributed by atoms with Gasteiger partial charge in [-0.1, -0.05) is 41.9 Å². The summed E-state index contributed by atoms with van der Waals surface area (Å²) in [5.74, 6) is -0.0176. The third-order valence-corrected chi connectivity index (χ3v) is 5.92. The van der Waals surface area contributed by atoms with Gasteiger partial charge in [-0.15, -0.1) is 0 Å². The van der Waals surface area contributed by atoms with Crippen molar-refractivity contribution >= 4 is 17.5 Å². The number of halogens is 1. The normalized spacial score (nSPS) is 15.5. The maximum Gasteiger partial charge on any atom is 0.227 e. The fourth-order valence-electron chi connectivity index (χ4n) is 4.07. The molecule has 1 aromatic heterocycles. The van der Waals surface area contributed by atoms with Crippen molar-refractivity contribution < 1.29 is 4.79 Å². The van der Waals surface area contributed by atoms with Crippen LogP contribution in [0.3, 0.4) is 0 Å². The minimum Gasteiger partial charge on any atom is -0.335 e. The standard InChI is InChI=1S/C24H20ClN3O/c1-16-18-7-5-8-20(23-10-2-3-12-27-23)19(18)11-13-28(16)24(29)14-21-17(15-26)6-4-9-22(21)25/h2-10,12,16H,11,13-14H2,1H3. The zero-order valence-electron chi connectivity index (χ0n) is 16.1. The Balaban J connectivity index is 1.63. The maximum atomic E-state index is 13.1. The lowest BCUT2D eigenvalue weighted by molar-refractivity contribution is -0.133. The number of nitrogens with zero attached hydrogens (tertiary/aromatic N) is 3. The van der Waals surface area contributed by atoms with Gasteiger partial charge in [-0.3, -0.25) is 9.78 Å². The summed E-state index contributed by atoms with van der Waals surface area (Å²) in [5, 5.41) is 9.81. The van der Waals surface area contributed by atoms with Gasteiger partial charge >= 0.3 is 0 Å². The highest BCUT2D eigenvalue weighted by Crippen LogP contribution is 2.35. The molecule has 0 N–H and O–H groups in total. The smallest absolute Gasteiger partial charge is 0.227 e. The molecule has 29 heavy (non-hydrogen) atoms. The molecule has 0 spiro atoms. The summed E-state index contributed by atoms with van der Waals surface area (Å²) in [6.45, 7) is 2.68. The summed E-state index contributed by atoms with van der Waals surface area (Å²) in [4.78, 5) is 19.5. The van der Waals surface area contributed by atoms with Crippen LogP contribution in [0.15, 0.2) is 60.8 Å². The number of fused-ring (bicyclic) bond motifs is 1. The number of amides is 1. The Morgan fingerprint density at radius 2 is 2.03 bits per heavy atom. The average molecular weight is 402 g/mol. The maximum absolute atomic E-state index is 13.1. The van der Waals surface area contributed by atoms with E-state index in [1.54, 1.807) is 24.4 Å². The lowest BCUT2D eigenvalue weighted by Crippen LogP contribution is -2.40. The van der Waals surface area contributed by atoms with E-state index < -0.39 is 0 Å². The molecule has 1 aliphatic rings. The molecule has 0 fully saturated rings. The minimum atomic E-state index is -0.0528. The molecule has 0 radical (unpaired) electrons. The summed E-state index contributed by atoms with van der Waals surface area (Å²) in [7, 11) is 0. The monoisotopic (exact) mass is 401 g/mol. The quantitative estimate of drug-likeness (QED) is 0.623. The Labute approximate surface area is 175 Å². The number of carbonyl (C=O) groups excluding carboxylic acids is 1. The van der Waals surface area contributed by atoms with E-state index in [4.69, 9.17) is 11.6 Å². The van der Waals surface area contributed by atoms with Crippen molar-refractivity contribution in [1.29, 1.82) is 5.26 Å². The molecule has 1 atom stereocenters. The van der Waals surface area contributed by atoms with Gasteiger partial charge in [0.1, 0.15) is 0 Å².